The second-order valence-corrected chi connectivity index (χ2v) is 6.69. The second kappa shape index (κ2) is 8.74. The van der Waals surface area contributed by atoms with E-state index >= 15 is 0 Å². The minimum atomic E-state index is -0.428. The maximum absolute atomic E-state index is 12.8. The second-order valence-electron chi connectivity index (χ2n) is 6.69. The van der Waals surface area contributed by atoms with Crippen LogP contribution < -0.4 is 9.47 Å². The monoisotopic (exact) mass is 402 g/mol. The van der Waals surface area contributed by atoms with Crippen LogP contribution in [0.5, 0.6) is 11.5 Å². The van der Waals surface area contributed by atoms with E-state index in [1.807, 2.05) is 72.8 Å². The molecule has 3 aromatic carbocycles. The van der Waals surface area contributed by atoms with Crippen molar-refractivity contribution in [3.8, 4) is 22.8 Å². The van der Waals surface area contributed by atoms with E-state index in [1.54, 1.807) is 14.0 Å². The summed E-state index contributed by atoms with van der Waals surface area (Å²) in [6, 6.07) is 22.7. The fraction of sp³-hybridized carbons (Fsp3) is 0.160. The van der Waals surface area contributed by atoms with Gasteiger partial charge in [0, 0.05) is 10.9 Å². The van der Waals surface area contributed by atoms with E-state index < -0.39 is 5.97 Å². The van der Waals surface area contributed by atoms with Gasteiger partial charge in [0.2, 0.25) is 0 Å². The van der Waals surface area contributed by atoms with E-state index in [2.05, 4.69) is 0 Å². The first-order valence-corrected chi connectivity index (χ1v) is 9.74. The zero-order chi connectivity index (χ0) is 20.9. The first-order valence-electron chi connectivity index (χ1n) is 9.74. The van der Waals surface area contributed by atoms with Gasteiger partial charge < -0.3 is 18.6 Å². The summed E-state index contributed by atoms with van der Waals surface area (Å²) in [6.07, 6.45) is 0. The number of methoxy groups -OCH3 is 1. The normalized spacial score (nSPS) is 10.7. The average molecular weight is 402 g/mol. The van der Waals surface area contributed by atoms with E-state index in [4.69, 9.17) is 18.6 Å². The Hall–Kier alpha value is -3.73. The van der Waals surface area contributed by atoms with Crippen LogP contribution in [0, 0.1) is 0 Å². The highest BCUT2D eigenvalue weighted by molar-refractivity contribution is 6.09. The topological polar surface area (TPSA) is 57.9 Å². The third-order valence-corrected chi connectivity index (χ3v) is 4.74. The molecule has 0 aliphatic carbocycles. The number of fused-ring (bicyclic) bond motifs is 1. The first kappa shape index (κ1) is 19.6. The van der Waals surface area contributed by atoms with Crippen LogP contribution in [0.25, 0.3) is 22.3 Å². The zero-order valence-corrected chi connectivity index (χ0v) is 16.9. The van der Waals surface area contributed by atoms with Gasteiger partial charge in [-0.15, -0.1) is 0 Å². The van der Waals surface area contributed by atoms with Crippen molar-refractivity contribution in [2.75, 3.05) is 13.7 Å². The van der Waals surface area contributed by atoms with Crippen molar-refractivity contribution in [1.29, 1.82) is 0 Å². The van der Waals surface area contributed by atoms with Crippen LogP contribution in [0.15, 0.2) is 77.2 Å². The molecule has 0 saturated carbocycles. The van der Waals surface area contributed by atoms with Gasteiger partial charge in [-0.2, -0.15) is 0 Å². The molecule has 152 valence electrons. The Morgan fingerprint density at radius 2 is 1.67 bits per heavy atom. The van der Waals surface area contributed by atoms with Gasteiger partial charge in [0.1, 0.15) is 35.0 Å². The van der Waals surface area contributed by atoms with Crippen molar-refractivity contribution in [2.45, 2.75) is 13.5 Å². The molecular weight excluding hydrogens is 380 g/mol. The summed E-state index contributed by atoms with van der Waals surface area (Å²) < 4.78 is 22.5. The van der Waals surface area contributed by atoms with Crippen LogP contribution in [0.3, 0.4) is 0 Å². The molecule has 0 amide bonds. The van der Waals surface area contributed by atoms with E-state index in [0.29, 0.717) is 34.6 Å². The van der Waals surface area contributed by atoms with Crippen molar-refractivity contribution in [2.24, 2.45) is 0 Å². The SMILES string of the molecule is CCOC(=O)c1c(-c2ccc(OC)cc2)oc2ccc(OCc3ccccc3)cc12. The number of esters is 1. The van der Waals surface area contributed by atoms with Crippen molar-refractivity contribution in [3.63, 3.8) is 0 Å². The maximum Gasteiger partial charge on any atom is 0.342 e. The molecule has 0 N–H and O–H groups in total. The smallest absolute Gasteiger partial charge is 0.342 e. The van der Waals surface area contributed by atoms with Gasteiger partial charge >= 0.3 is 5.97 Å². The predicted octanol–water partition coefficient (Wildman–Crippen LogP) is 5.86. The summed E-state index contributed by atoms with van der Waals surface area (Å²) in [5, 5.41) is 0.657. The number of hydrogen-bond acceptors (Lipinski definition) is 5. The van der Waals surface area contributed by atoms with Gasteiger partial charge in [-0.05, 0) is 55.0 Å². The Bertz CT molecular complexity index is 1140. The zero-order valence-electron chi connectivity index (χ0n) is 16.9. The van der Waals surface area contributed by atoms with Crippen LogP contribution >= 0.6 is 0 Å². The summed E-state index contributed by atoms with van der Waals surface area (Å²) >= 11 is 0. The van der Waals surface area contributed by atoms with Crippen LogP contribution in [0.1, 0.15) is 22.8 Å². The number of carbonyl (C=O) groups is 1. The summed E-state index contributed by atoms with van der Waals surface area (Å²) in [5.41, 5.74) is 2.81. The third-order valence-electron chi connectivity index (χ3n) is 4.74. The van der Waals surface area contributed by atoms with E-state index in [9.17, 15) is 4.79 Å². The molecule has 4 aromatic rings. The summed E-state index contributed by atoms with van der Waals surface area (Å²) in [7, 11) is 1.61. The molecule has 0 saturated heterocycles. The number of furan rings is 1. The maximum atomic E-state index is 12.8. The minimum Gasteiger partial charge on any atom is -0.497 e. The molecule has 0 spiro atoms. The molecule has 0 aliphatic heterocycles. The summed E-state index contributed by atoms with van der Waals surface area (Å²) in [4.78, 5) is 12.8. The van der Waals surface area contributed by atoms with E-state index in [-0.39, 0.29) is 6.61 Å². The molecule has 5 nitrogen and oxygen atoms in total. The lowest BCUT2D eigenvalue weighted by Gasteiger charge is -2.07. The Morgan fingerprint density at radius 3 is 2.37 bits per heavy atom. The highest BCUT2D eigenvalue weighted by Gasteiger charge is 2.23. The molecule has 1 aromatic heterocycles. The van der Waals surface area contributed by atoms with Gasteiger partial charge in [-0.1, -0.05) is 30.3 Å². The Balaban J connectivity index is 1.73. The number of benzene rings is 3. The quantitative estimate of drug-likeness (QED) is 0.362. The molecule has 0 unspecified atom stereocenters. The lowest BCUT2D eigenvalue weighted by molar-refractivity contribution is 0.0528. The van der Waals surface area contributed by atoms with Gasteiger partial charge in [0.25, 0.3) is 0 Å². The van der Waals surface area contributed by atoms with Gasteiger partial charge in [-0.25, -0.2) is 4.79 Å². The number of ether oxygens (including phenoxy) is 3. The predicted molar refractivity (Wildman–Crippen MR) is 115 cm³/mol. The largest absolute Gasteiger partial charge is 0.497 e. The Morgan fingerprint density at radius 1 is 0.933 bits per heavy atom. The summed E-state index contributed by atoms with van der Waals surface area (Å²) in [6.45, 7) is 2.49. The molecule has 4 rings (SSSR count). The molecule has 5 heteroatoms. The number of carbonyl (C=O) groups excluding carboxylic acids is 1. The molecule has 1 heterocycles. The number of rotatable bonds is 7. The molecule has 0 aliphatic rings. The Labute approximate surface area is 174 Å². The van der Waals surface area contributed by atoms with Crippen molar-refractivity contribution in [1.82, 2.24) is 0 Å². The standard InChI is InChI=1S/C25H22O5/c1-3-28-25(26)23-21-15-20(29-16-17-7-5-4-6-8-17)13-14-22(21)30-24(23)18-9-11-19(27-2)12-10-18/h4-15H,3,16H2,1-2H3. The third kappa shape index (κ3) is 4.01. The number of hydrogen-bond donors (Lipinski definition) is 0. The molecule has 30 heavy (non-hydrogen) atoms. The van der Waals surface area contributed by atoms with Crippen LogP contribution in [0.4, 0.5) is 0 Å². The highest BCUT2D eigenvalue weighted by Crippen LogP contribution is 2.36. The summed E-state index contributed by atoms with van der Waals surface area (Å²) in [5.74, 6) is 1.41. The Kier molecular flexibility index (Phi) is 5.70. The average Bonchev–Trinajstić information content (AvgIpc) is 3.17. The van der Waals surface area contributed by atoms with E-state index in [0.717, 1.165) is 16.9 Å². The fourth-order valence-electron chi connectivity index (χ4n) is 3.26. The molecule has 0 bridgehead atoms. The van der Waals surface area contributed by atoms with Gasteiger partial charge in [0.05, 0.1) is 13.7 Å². The lowest BCUT2D eigenvalue weighted by Crippen LogP contribution is -2.05. The fourth-order valence-corrected chi connectivity index (χ4v) is 3.26. The molecular formula is C25H22O5. The van der Waals surface area contributed by atoms with Crippen molar-refractivity contribution < 1.29 is 23.4 Å². The van der Waals surface area contributed by atoms with Gasteiger partial charge in [0.15, 0.2) is 0 Å². The van der Waals surface area contributed by atoms with Crippen LogP contribution in [-0.2, 0) is 11.3 Å². The van der Waals surface area contributed by atoms with E-state index in [1.165, 1.54) is 0 Å². The van der Waals surface area contributed by atoms with Crippen molar-refractivity contribution in [3.05, 3.63) is 83.9 Å². The highest BCUT2D eigenvalue weighted by atomic mass is 16.5. The molecule has 0 fully saturated rings. The minimum absolute atomic E-state index is 0.276. The molecule has 0 atom stereocenters. The van der Waals surface area contributed by atoms with Crippen LogP contribution in [-0.4, -0.2) is 19.7 Å². The van der Waals surface area contributed by atoms with Gasteiger partial charge in [-0.3, -0.25) is 0 Å². The van der Waals surface area contributed by atoms with Crippen molar-refractivity contribution >= 4 is 16.9 Å². The molecule has 0 radical (unpaired) electrons. The lowest BCUT2D eigenvalue weighted by atomic mass is 10.1. The van der Waals surface area contributed by atoms with Crippen LogP contribution in [0.2, 0.25) is 0 Å². The first-order chi connectivity index (χ1) is 14.7.